The van der Waals surface area contributed by atoms with Crippen molar-refractivity contribution < 1.29 is 4.79 Å². The molecule has 4 unspecified atom stereocenters. The summed E-state index contributed by atoms with van der Waals surface area (Å²) in [4.78, 5) is 11.5. The van der Waals surface area contributed by atoms with Crippen LogP contribution in [-0.2, 0) is 4.79 Å². The number of hydrogen-bond donors (Lipinski definition) is 2. The molecule has 1 saturated heterocycles. The smallest absolute Gasteiger partial charge is 0.250 e. The molecule has 1 aliphatic heterocycles. The molecule has 0 aromatic heterocycles. The van der Waals surface area contributed by atoms with Crippen molar-refractivity contribution in [1.29, 1.82) is 0 Å². The summed E-state index contributed by atoms with van der Waals surface area (Å²) in [5, 5.41) is 6.12. The fourth-order valence-electron chi connectivity index (χ4n) is 1.37. The predicted octanol–water partition coefficient (Wildman–Crippen LogP) is -1.15. The lowest BCUT2D eigenvalue weighted by Crippen LogP contribution is -2.55. The van der Waals surface area contributed by atoms with Gasteiger partial charge in [0.1, 0.15) is 0 Å². The summed E-state index contributed by atoms with van der Waals surface area (Å²) in [5.74, 6) is 0.375. The Kier molecular flexibility index (Phi) is 3.33. The molecule has 0 spiro atoms. The van der Waals surface area contributed by atoms with Crippen molar-refractivity contribution in [3.63, 3.8) is 0 Å². The molecule has 1 aliphatic rings. The quantitative estimate of drug-likeness (QED) is 0.403. The topological polar surface area (TPSA) is 41.1 Å². The second-order valence-electron chi connectivity index (χ2n) is 3.21. The van der Waals surface area contributed by atoms with Crippen LogP contribution in [-0.4, -0.2) is 33.1 Å². The monoisotopic (exact) mass is 188 g/mol. The van der Waals surface area contributed by atoms with Crippen molar-refractivity contribution in [1.82, 2.24) is 10.4 Å². The van der Waals surface area contributed by atoms with Gasteiger partial charge in [-0.3, -0.25) is 9.88 Å². The van der Waals surface area contributed by atoms with Crippen LogP contribution >= 0.6 is 9.39 Å². The van der Waals surface area contributed by atoms with Gasteiger partial charge in [0.2, 0.25) is 5.91 Å². The largest absolute Gasteiger partial charge is 0.366 e. The van der Waals surface area contributed by atoms with Crippen molar-refractivity contribution in [2.45, 2.75) is 24.3 Å². The van der Waals surface area contributed by atoms with E-state index in [9.17, 15) is 4.79 Å². The highest BCUT2D eigenvalue weighted by Gasteiger charge is 2.28. The fourth-order valence-corrected chi connectivity index (χ4v) is 2.93. The van der Waals surface area contributed by atoms with E-state index in [-0.39, 0.29) is 11.8 Å². The van der Waals surface area contributed by atoms with E-state index in [1.54, 1.807) is 0 Å². The maximum atomic E-state index is 11.1. The lowest BCUT2D eigenvalue weighted by molar-refractivity contribution is -0.126. The molecule has 1 fully saturated rings. The second kappa shape index (κ2) is 3.87. The van der Waals surface area contributed by atoms with Gasteiger partial charge in [0.05, 0.1) is 0 Å². The summed E-state index contributed by atoms with van der Waals surface area (Å²) < 4.78 is 0. The van der Waals surface area contributed by atoms with Crippen molar-refractivity contribution in [2.75, 3.05) is 0 Å². The molecule has 0 saturated carbocycles. The number of hydrogen-bond acceptors (Lipinski definition) is 2. The molecule has 0 radical (unpaired) electrons. The summed E-state index contributed by atoms with van der Waals surface area (Å²) in [6, 6.07) is 0.458. The van der Waals surface area contributed by atoms with E-state index in [1.165, 1.54) is 0 Å². The third kappa shape index (κ3) is 2.16. The van der Waals surface area contributed by atoms with Crippen LogP contribution in [0.5, 0.6) is 0 Å². The van der Waals surface area contributed by atoms with Crippen LogP contribution < -0.4 is 10.4 Å². The molecular weight excluding hydrogens is 174 g/mol. The Labute approximate surface area is 77.4 Å². The van der Waals surface area contributed by atoms with E-state index in [4.69, 9.17) is 0 Å². The first-order valence-electron chi connectivity index (χ1n) is 3.91. The molecule has 1 amide bonds. The first-order valence-corrected chi connectivity index (χ1v) is 5.65. The highest BCUT2D eigenvalue weighted by Crippen LogP contribution is 2.14. The van der Waals surface area contributed by atoms with E-state index in [1.807, 2.05) is 6.92 Å². The molecule has 0 aromatic carbocycles. The molecule has 3 nitrogen and oxygen atoms in total. The maximum absolute atomic E-state index is 11.1. The molecule has 0 bridgehead atoms. The number of carbonyl (C=O) groups is 1. The first kappa shape index (κ1) is 9.48. The summed E-state index contributed by atoms with van der Waals surface area (Å²) in [6.07, 6.45) is 0.962. The van der Waals surface area contributed by atoms with Gasteiger partial charge in [-0.2, -0.15) is 0 Å². The van der Waals surface area contributed by atoms with E-state index >= 15 is 0 Å². The van der Waals surface area contributed by atoms with E-state index in [0.29, 0.717) is 10.9 Å². The Morgan fingerprint density at radius 3 is 3.00 bits per heavy atom. The van der Waals surface area contributed by atoms with Gasteiger partial charge in [-0.1, -0.05) is 16.3 Å². The maximum Gasteiger partial charge on any atom is 0.250 e. The average molecular weight is 188 g/mol. The van der Waals surface area contributed by atoms with Gasteiger partial charge >= 0.3 is 0 Å². The minimum absolute atomic E-state index is 0.165. The highest BCUT2D eigenvalue weighted by molar-refractivity contribution is 7.13. The third-order valence-corrected chi connectivity index (χ3v) is 3.76. The van der Waals surface area contributed by atoms with Gasteiger partial charge in [-0.15, -0.1) is 0 Å². The molecule has 4 atom stereocenters. The number of amides is 1. The van der Waals surface area contributed by atoms with Crippen molar-refractivity contribution in [3.05, 3.63) is 0 Å². The van der Waals surface area contributed by atoms with Gasteiger partial charge in [-0.25, -0.2) is 0 Å². The molecule has 5 heteroatoms. The third-order valence-electron chi connectivity index (χ3n) is 2.24. The van der Waals surface area contributed by atoms with Crippen LogP contribution in [0.4, 0.5) is 0 Å². The predicted molar refractivity (Wildman–Crippen MR) is 50.9 cm³/mol. The van der Waals surface area contributed by atoms with E-state index in [0.717, 1.165) is 22.7 Å². The molecular formula is C6H14AlN2OP. The molecule has 2 N–H and O–H groups in total. The Morgan fingerprint density at radius 2 is 2.45 bits per heavy atom. The minimum Gasteiger partial charge on any atom is -0.366 e. The number of carbonyl (C=O) groups excluding carboxylic acids is 1. The van der Waals surface area contributed by atoms with Crippen LogP contribution in [0.1, 0.15) is 13.3 Å². The molecule has 1 heterocycles. The average Bonchev–Trinajstić information content (AvgIpc) is 1.97. The zero-order valence-corrected chi connectivity index (χ0v) is 10.1. The van der Waals surface area contributed by atoms with Crippen LogP contribution in [0.25, 0.3) is 0 Å². The highest BCUT2D eigenvalue weighted by atomic mass is 31.0. The Balaban J connectivity index is 2.54. The van der Waals surface area contributed by atoms with Crippen LogP contribution in [0.15, 0.2) is 0 Å². The molecule has 0 aromatic rings. The number of nitrogens with one attached hydrogen (secondary N) is 2. The lowest BCUT2D eigenvalue weighted by Gasteiger charge is -2.33. The minimum atomic E-state index is 0.165. The molecule has 0 aliphatic carbocycles. The molecule has 11 heavy (non-hydrogen) atoms. The zero-order valence-electron chi connectivity index (χ0n) is 6.92. The van der Waals surface area contributed by atoms with E-state index in [2.05, 4.69) is 19.8 Å². The number of piperidine rings is 1. The summed E-state index contributed by atoms with van der Waals surface area (Å²) in [6.45, 7) is 1.97. The van der Waals surface area contributed by atoms with Gasteiger partial charge in [0, 0.05) is 12.0 Å². The van der Waals surface area contributed by atoms with Crippen molar-refractivity contribution >= 4 is 31.6 Å². The van der Waals surface area contributed by atoms with Crippen LogP contribution in [0.2, 0.25) is 0 Å². The number of rotatable bonds is 1. The standard InChI is InChI=1S/C6H12N2OP.Al.2H/c1-4-2-5(8-10)3-7-6(4)9;;;/h3-5,8H,2,10H2,1H3,(H,7,9);;;. The van der Waals surface area contributed by atoms with E-state index < -0.39 is 0 Å². The van der Waals surface area contributed by atoms with Gasteiger partial charge in [-0.05, 0) is 11.3 Å². The molecule has 1 rings (SSSR count). The fraction of sp³-hybridized carbons (Fsp3) is 0.833. The van der Waals surface area contributed by atoms with Crippen molar-refractivity contribution in [2.24, 2.45) is 5.92 Å². The molecule has 62 valence electrons. The van der Waals surface area contributed by atoms with Crippen LogP contribution in [0.3, 0.4) is 0 Å². The van der Waals surface area contributed by atoms with Gasteiger partial charge < -0.3 is 5.32 Å². The Bertz CT molecular complexity index is 167. The zero-order chi connectivity index (χ0) is 8.43. The van der Waals surface area contributed by atoms with Crippen LogP contribution in [0, 0.1) is 5.92 Å². The normalized spacial score (nSPS) is 38.4. The Morgan fingerprint density at radius 1 is 1.82 bits per heavy atom. The van der Waals surface area contributed by atoms with Gasteiger partial charge in [0.15, 0.2) is 0 Å². The van der Waals surface area contributed by atoms with Crippen molar-refractivity contribution in [3.8, 4) is 0 Å². The SMILES string of the molecule is CC1CC(NP)[CH]([AlH2])NC1=O. The summed E-state index contributed by atoms with van der Waals surface area (Å²) in [7, 11) is 2.52. The Hall–Kier alpha value is 0.392. The second-order valence-corrected chi connectivity index (χ2v) is 4.78. The summed E-state index contributed by atoms with van der Waals surface area (Å²) in [5.41, 5.74) is 0. The van der Waals surface area contributed by atoms with Gasteiger partial charge in [0.25, 0.3) is 16.3 Å². The summed E-state index contributed by atoms with van der Waals surface area (Å²) >= 11 is 1.02. The lowest BCUT2D eigenvalue weighted by atomic mass is 9.97. The first-order chi connectivity index (χ1) is 5.15.